The van der Waals surface area contributed by atoms with Crippen LogP contribution in [0.2, 0.25) is 0 Å². The zero-order valence-corrected chi connectivity index (χ0v) is 12.4. The van der Waals surface area contributed by atoms with Crippen LogP contribution in [0.15, 0.2) is 22.7 Å². The first kappa shape index (κ1) is 15.3. The number of hydrogen-bond donors (Lipinski definition) is 0. The molecule has 1 aromatic rings. The van der Waals surface area contributed by atoms with Gasteiger partial charge in [0.2, 0.25) is 0 Å². The van der Waals surface area contributed by atoms with E-state index in [2.05, 4.69) is 15.9 Å². The molecule has 3 nitrogen and oxygen atoms in total. The van der Waals surface area contributed by atoms with Gasteiger partial charge in [-0.1, -0.05) is 19.1 Å². The summed E-state index contributed by atoms with van der Waals surface area (Å²) in [5.74, 6) is -0.692. The highest BCUT2D eigenvalue weighted by Gasteiger charge is 2.14. The van der Waals surface area contributed by atoms with Gasteiger partial charge in [-0.2, -0.15) is 0 Å². The number of carbonyl (C=O) groups excluding carboxylic acids is 1. The smallest absolute Gasteiger partial charge is 0.164 e. The largest absolute Gasteiger partial charge is 0.294 e. The van der Waals surface area contributed by atoms with Gasteiger partial charge >= 0.3 is 0 Å². The first-order valence-corrected chi connectivity index (χ1v) is 8.16. The van der Waals surface area contributed by atoms with E-state index in [1.54, 1.807) is 6.92 Å². The quantitative estimate of drug-likeness (QED) is 0.750. The van der Waals surface area contributed by atoms with E-state index in [9.17, 15) is 17.6 Å². The minimum atomic E-state index is -3.05. The van der Waals surface area contributed by atoms with Crippen molar-refractivity contribution in [3.63, 3.8) is 0 Å². The molecule has 6 heteroatoms. The van der Waals surface area contributed by atoms with E-state index in [1.165, 1.54) is 18.2 Å². The Morgan fingerprint density at radius 2 is 2.06 bits per heavy atom. The summed E-state index contributed by atoms with van der Waals surface area (Å²) in [6.07, 6.45) is 0.360. The Labute approximate surface area is 114 Å². The van der Waals surface area contributed by atoms with Crippen LogP contribution >= 0.6 is 15.9 Å². The molecule has 0 aliphatic rings. The number of halogens is 2. The molecule has 0 saturated carbocycles. The normalized spacial score (nSPS) is 11.5. The molecule has 0 aliphatic heterocycles. The van der Waals surface area contributed by atoms with Crippen LogP contribution in [0, 0.1) is 5.82 Å². The molecule has 0 saturated heterocycles. The molecule has 0 spiro atoms. The highest BCUT2D eigenvalue weighted by atomic mass is 79.9. The second kappa shape index (κ2) is 6.43. The fourth-order valence-corrected chi connectivity index (χ4v) is 2.81. The minimum absolute atomic E-state index is 0.0117. The van der Waals surface area contributed by atoms with Gasteiger partial charge in [0.05, 0.1) is 10.2 Å². The van der Waals surface area contributed by atoms with Gasteiger partial charge in [0.15, 0.2) is 5.78 Å². The summed E-state index contributed by atoms with van der Waals surface area (Å²) in [6, 6.07) is 4.22. The standard InChI is InChI=1S/C12H14BrFO3S/c1-2-18(16,17)8-4-7-11(15)9-5-3-6-10(14)12(9)13/h3,5-6H,2,4,7-8H2,1H3. The molecule has 0 amide bonds. The predicted molar refractivity (Wildman–Crippen MR) is 72.0 cm³/mol. The van der Waals surface area contributed by atoms with Crippen LogP contribution in [-0.4, -0.2) is 25.7 Å². The van der Waals surface area contributed by atoms with E-state index in [4.69, 9.17) is 0 Å². The number of Topliss-reactive ketones (excluding diaryl/α,β-unsaturated/α-hetero) is 1. The van der Waals surface area contributed by atoms with E-state index in [0.717, 1.165) is 0 Å². The topological polar surface area (TPSA) is 51.2 Å². The lowest BCUT2D eigenvalue weighted by Gasteiger charge is -2.04. The zero-order valence-electron chi connectivity index (χ0n) is 9.95. The molecule has 18 heavy (non-hydrogen) atoms. The second-order valence-electron chi connectivity index (χ2n) is 3.86. The van der Waals surface area contributed by atoms with Crippen LogP contribution in [0.5, 0.6) is 0 Å². The molecule has 0 heterocycles. The van der Waals surface area contributed by atoms with Gasteiger partial charge in [-0.25, -0.2) is 12.8 Å². The van der Waals surface area contributed by atoms with Crippen molar-refractivity contribution >= 4 is 31.6 Å². The molecular weight excluding hydrogens is 323 g/mol. The Hall–Kier alpha value is -0.750. The van der Waals surface area contributed by atoms with Crippen molar-refractivity contribution in [2.45, 2.75) is 19.8 Å². The summed E-state index contributed by atoms with van der Waals surface area (Å²) in [5, 5.41) is 0. The number of rotatable bonds is 6. The Morgan fingerprint density at radius 3 is 2.67 bits per heavy atom. The van der Waals surface area contributed by atoms with Crippen molar-refractivity contribution in [2.24, 2.45) is 0 Å². The van der Waals surface area contributed by atoms with Crippen molar-refractivity contribution in [1.29, 1.82) is 0 Å². The fourth-order valence-electron chi connectivity index (χ4n) is 1.45. The first-order valence-electron chi connectivity index (χ1n) is 5.55. The van der Waals surface area contributed by atoms with Gasteiger partial charge in [0.25, 0.3) is 0 Å². The summed E-state index contributed by atoms with van der Waals surface area (Å²) in [6.45, 7) is 1.57. The maximum atomic E-state index is 13.2. The van der Waals surface area contributed by atoms with E-state index >= 15 is 0 Å². The highest BCUT2D eigenvalue weighted by Crippen LogP contribution is 2.22. The van der Waals surface area contributed by atoms with Gasteiger partial charge < -0.3 is 0 Å². The molecule has 0 fully saturated rings. The van der Waals surface area contributed by atoms with Crippen LogP contribution in [0.3, 0.4) is 0 Å². The SMILES string of the molecule is CCS(=O)(=O)CCCC(=O)c1cccc(F)c1Br. The maximum Gasteiger partial charge on any atom is 0.164 e. The van der Waals surface area contributed by atoms with Crippen molar-refractivity contribution in [3.05, 3.63) is 34.1 Å². The lowest BCUT2D eigenvalue weighted by atomic mass is 10.1. The summed E-state index contributed by atoms with van der Waals surface area (Å²) in [5.41, 5.74) is 0.254. The second-order valence-corrected chi connectivity index (χ2v) is 7.13. The number of benzene rings is 1. The summed E-state index contributed by atoms with van der Waals surface area (Å²) >= 11 is 3.01. The van der Waals surface area contributed by atoms with Crippen LogP contribution < -0.4 is 0 Å². The molecule has 100 valence electrons. The van der Waals surface area contributed by atoms with Crippen molar-refractivity contribution in [1.82, 2.24) is 0 Å². The van der Waals surface area contributed by atoms with Crippen molar-refractivity contribution in [3.8, 4) is 0 Å². The third kappa shape index (κ3) is 4.17. The van der Waals surface area contributed by atoms with Crippen LogP contribution in [0.4, 0.5) is 4.39 Å². The Morgan fingerprint density at radius 1 is 1.39 bits per heavy atom. The van der Waals surface area contributed by atoms with E-state index in [0.29, 0.717) is 0 Å². The molecule has 1 rings (SSSR count). The van der Waals surface area contributed by atoms with E-state index in [1.807, 2.05) is 0 Å². The van der Waals surface area contributed by atoms with Gasteiger partial charge in [-0.05, 0) is 28.4 Å². The molecule has 0 bridgehead atoms. The Bertz CT molecular complexity index is 540. The Kier molecular flexibility index (Phi) is 5.47. The zero-order chi connectivity index (χ0) is 13.8. The van der Waals surface area contributed by atoms with E-state index in [-0.39, 0.29) is 40.2 Å². The Balaban J connectivity index is 2.64. The average Bonchev–Trinajstić information content (AvgIpc) is 2.32. The molecular formula is C12H14BrFO3S. The summed E-state index contributed by atoms with van der Waals surface area (Å²) < 4.78 is 35.9. The molecule has 0 atom stereocenters. The minimum Gasteiger partial charge on any atom is -0.294 e. The van der Waals surface area contributed by atoms with E-state index < -0.39 is 15.7 Å². The number of sulfone groups is 1. The van der Waals surface area contributed by atoms with Crippen molar-refractivity contribution < 1.29 is 17.6 Å². The predicted octanol–water partition coefficient (Wildman–Crippen LogP) is 2.99. The first-order chi connectivity index (χ1) is 8.37. The third-order valence-electron chi connectivity index (χ3n) is 2.55. The molecule has 0 unspecified atom stereocenters. The molecule has 0 radical (unpaired) electrons. The fraction of sp³-hybridized carbons (Fsp3) is 0.417. The molecule has 0 aliphatic carbocycles. The van der Waals surface area contributed by atoms with Crippen molar-refractivity contribution in [2.75, 3.05) is 11.5 Å². The highest BCUT2D eigenvalue weighted by molar-refractivity contribution is 9.10. The number of carbonyl (C=O) groups is 1. The van der Waals surface area contributed by atoms with Crippen LogP contribution in [-0.2, 0) is 9.84 Å². The lowest BCUT2D eigenvalue weighted by molar-refractivity contribution is 0.0980. The molecule has 1 aromatic carbocycles. The lowest BCUT2D eigenvalue weighted by Crippen LogP contribution is -2.11. The summed E-state index contributed by atoms with van der Waals surface area (Å²) in [7, 11) is -3.05. The third-order valence-corrected chi connectivity index (χ3v) is 5.15. The van der Waals surface area contributed by atoms with Gasteiger partial charge in [-0.15, -0.1) is 0 Å². The average molecular weight is 337 g/mol. The van der Waals surface area contributed by atoms with Gasteiger partial charge in [0, 0.05) is 17.7 Å². The molecule has 0 N–H and O–H groups in total. The summed E-state index contributed by atoms with van der Waals surface area (Å²) in [4.78, 5) is 11.8. The van der Waals surface area contributed by atoms with Crippen LogP contribution in [0.1, 0.15) is 30.1 Å². The van der Waals surface area contributed by atoms with Gasteiger partial charge in [0.1, 0.15) is 15.7 Å². The van der Waals surface area contributed by atoms with Gasteiger partial charge in [-0.3, -0.25) is 4.79 Å². The maximum absolute atomic E-state index is 13.2. The monoisotopic (exact) mass is 336 g/mol. The van der Waals surface area contributed by atoms with Crippen LogP contribution in [0.25, 0.3) is 0 Å². The molecule has 0 aromatic heterocycles. The number of ketones is 1. The number of hydrogen-bond acceptors (Lipinski definition) is 3.